The van der Waals surface area contributed by atoms with E-state index in [1.54, 1.807) is 6.92 Å². The zero-order chi connectivity index (χ0) is 15.2. The maximum atomic E-state index is 12.6. The van der Waals surface area contributed by atoms with E-state index in [1.165, 1.54) is 22.5 Å². The fourth-order valence-electron chi connectivity index (χ4n) is 3.15. The van der Waals surface area contributed by atoms with Crippen LogP contribution in [0.5, 0.6) is 0 Å². The molecule has 2 saturated heterocycles. The van der Waals surface area contributed by atoms with Crippen LogP contribution in [0.1, 0.15) is 5.56 Å². The molecule has 22 heavy (non-hydrogen) atoms. The number of nitrogens with one attached hydrogen (secondary N) is 1. The molecule has 0 saturated carbocycles. The maximum Gasteiger partial charge on any atom is 0.272 e. The van der Waals surface area contributed by atoms with E-state index in [9.17, 15) is 18.5 Å². The molecule has 2 heterocycles. The Morgan fingerprint density at radius 3 is 2.36 bits per heavy atom. The topological polar surface area (TPSA) is 92.6 Å². The average molecular weight is 348 g/mol. The normalized spacial score (nSPS) is 24.8. The van der Waals surface area contributed by atoms with Crippen LogP contribution < -0.4 is 5.32 Å². The first kappa shape index (κ1) is 17.1. The molecule has 0 bridgehead atoms. The molecule has 1 aromatic rings. The van der Waals surface area contributed by atoms with Gasteiger partial charge in [-0.25, -0.2) is 8.42 Å². The zero-order valence-corrected chi connectivity index (χ0v) is 13.7. The number of nitro groups is 1. The highest BCUT2D eigenvalue weighted by molar-refractivity contribution is 7.89. The summed E-state index contributed by atoms with van der Waals surface area (Å²) in [6.45, 7) is 4.32. The number of nitro benzene ring substituents is 1. The summed E-state index contributed by atoms with van der Waals surface area (Å²) in [6, 6.07) is 3.98. The summed E-state index contributed by atoms with van der Waals surface area (Å²) in [5, 5.41) is 14.1. The first-order valence-corrected chi connectivity index (χ1v) is 8.29. The molecule has 0 spiro atoms. The van der Waals surface area contributed by atoms with Gasteiger partial charge < -0.3 is 5.32 Å². The van der Waals surface area contributed by atoms with Gasteiger partial charge in [0, 0.05) is 24.7 Å². The third-order valence-corrected chi connectivity index (χ3v) is 6.19. The van der Waals surface area contributed by atoms with Crippen molar-refractivity contribution in [1.82, 2.24) is 9.62 Å². The molecule has 7 nitrogen and oxygen atoms in total. The molecule has 9 heteroatoms. The minimum absolute atomic E-state index is 0. The van der Waals surface area contributed by atoms with Crippen LogP contribution in [0, 0.1) is 28.9 Å². The third-order valence-electron chi connectivity index (χ3n) is 4.36. The van der Waals surface area contributed by atoms with Gasteiger partial charge in [0.15, 0.2) is 0 Å². The van der Waals surface area contributed by atoms with E-state index in [0.717, 1.165) is 13.1 Å². The Kier molecular flexibility index (Phi) is 4.76. The standard InChI is InChI=1S/C13H17N3O4S.ClH/c1-9-4-12(2-3-13(9)16(17)18)21(19,20)15-7-10-5-14-6-11(10)8-15;/h2-4,10-11,14H,5-8H2,1H3;1H/t10-,11+;. The van der Waals surface area contributed by atoms with Crippen LogP contribution in [-0.2, 0) is 10.0 Å². The van der Waals surface area contributed by atoms with E-state index < -0.39 is 14.9 Å². The molecule has 0 aliphatic carbocycles. The van der Waals surface area contributed by atoms with Crippen molar-refractivity contribution in [3.05, 3.63) is 33.9 Å². The molecule has 1 aromatic carbocycles. The molecule has 2 fully saturated rings. The van der Waals surface area contributed by atoms with Crippen molar-refractivity contribution < 1.29 is 13.3 Å². The number of benzene rings is 1. The summed E-state index contributed by atoms with van der Waals surface area (Å²) in [5.74, 6) is 0.748. The van der Waals surface area contributed by atoms with Crippen LogP contribution in [0.4, 0.5) is 5.69 Å². The van der Waals surface area contributed by atoms with Crippen LogP contribution >= 0.6 is 12.4 Å². The van der Waals surface area contributed by atoms with Gasteiger partial charge in [0.2, 0.25) is 10.0 Å². The van der Waals surface area contributed by atoms with E-state index in [0.29, 0.717) is 30.5 Å². The third kappa shape index (κ3) is 2.83. The molecule has 3 rings (SSSR count). The predicted octanol–water partition coefficient (Wildman–Crippen LogP) is 1.16. The van der Waals surface area contributed by atoms with Crippen LogP contribution in [-0.4, -0.2) is 43.8 Å². The lowest BCUT2D eigenvalue weighted by atomic mass is 10.0. The van der Waals surface area contributed by atoms with Crippen molar-refractivity contribution in [2.24, 2.45) is 11.8 Å². The van der Waals surface area contributed by atoms with Gasteiger partial charge in [-0.15, -0.1) is 12.4 Å². The monoisotopic (exact) mass is 347 g/mol. The Labute approximate surface area is 135 Å². The molecule has 0 radical (unpaired) electrons. The number of sulfonamides is 1. The summed E-state index contributed by atoms with van der Waals surface area (Å²) in [5.41, 5.74) is 0.304. The Balaban J connectivity index is 0.00000176. The summed E-state index contributed by atoms with van der Waals surface area (Å²) in [7, 11) is -3.56. The van der Waals surface area contributed by atoms with Crippen LogP contribution in [0.3, 0.4) is 0 Å². The molecular formula is C13H18ClN3O4S. The summed E-state index contributed by atoms with van der Waals surface area (Å²) < 4.78 is 26.8. The highest BCUT2D eigenvalue weighted by Crippen LogP contribution is 2.31. The number of halogens is 1. The molecule has 0 amide bonds. The number of hydrogen-bond donors (Lipinski definition) is 1. The van der Waals surface area contributed by atoms with Crippen molar-refractivity contribution in [3.63, 3.8) is 0 Å². The van der Waals surface area contributed by atoms with Gasteiger partial charge in [-0.05, 0) is 44.0 Å². The lowest BCUT2D eigenvalue weighted by molar-refractivity contribution is -0.385. The SMILES string of the molecule is Cc1cc(S(=O)(=O)N2C[C@H]3CNC[C@H]3C2)ccc1[N+](=O)[O-].Cl. The Morgan fingerprint density at radius 1 is 1.27 bits per heavy atom. The molecule has 2 atom stereocenters. The molecule has 1 N–H and O–H groups in total. The van der Waals surface area contributed by atoms with Gasteiger partial charge in [0.1, 0.15) is 0 Å². The largest absolute Gasteiger partial charge is 0.316 e. The lowest BCUT2D eigenvalue weighted by Crippen LogP contribution is -2.32. The van der Waals surface area contributed by atoms with Gasteiger partial charge in [-0.1, -0.05) is 0 Å². The predicted molar refractivity (Wildman–Crippen MR) is 83.7 cm³/mol. The molecule has 0 aromatic heterocycles. The van der Waals surface area contributed by atoms with Gasteiger partial charge in [-0.2, -0.15) is 4.31 Å². The zero-order valence-electron chi connectivity index (χ0n) is 12.1. The Hall–Kier alpha value is -1.22. The highest BCUT2D eigenvalue weighted by atomic mass is 35.5. The van der Waals surface area contributed by atoms with Gasteiger partial charge in [0.05, 0.1) is 9.82 Å². The van der Waals surface area contributed by atoms with E-state index in [4.69, 9.17) is 0 Å². The number of rotatable bonds is 3. The summed E-state index contributed by atoms with van der Waals surface area (Å²) >= 11 is 0. The number of aryl methyl sites for hydroxylation is 1. The van der Waals surface area contributed by atoms with Crippen LogP contribution in [0.25, 0.3) is 0 Å². The summed E-state index contributed by atoms with van der Waals surface area (Å²) in [4.78, 5) is 10.4. The smallest absolute Gasteiger partial charge is 0.272 e. The van der Waals surface area contributed by atoms with Crippen LogP contribution in [0.15, 0.2) is 23.1 Å². The molecule has 2 aliphatic heterocycles. The van der Waals surface area contributed by atoms with Crippen LogP contribution in [0.2, 0.25) is 0 Å². The average Bonchev–Trinajstić information content (AvgIpc) is 2.98. The first-order valence-electron chi connectivity index (χ1n) is 6.85. The minimum Gasteiger partial charge on any atom is -0.316 e. The van der Waals surface area contributed by atoms with E-state index in [1.807, 2.05) is 0 Å². The molecule has 122 valence electrons. The number of fused-ring (bicyclic) bond motifs is 1. The molecular weight excluding hydrogens is 330 g/mol. The van der Waals surface area contributed by atoms with Crippen molar-refractivity contribution in [1.29, 1.82) is 0 Å². The van der Waals surface area contributed by atoms with Gasteiger partial charge in [-0.3, -0.25) is 10.1 Å². The van der Waals surface area contributed by atoms with Crippen molar-refractivity contribution in [2.75, 3.05) is 26.2 Å². The molecule has 2 aliphatic rings. The van der Waals surface area contributed by atoms with E-state index in [2.05, 4.69) is 5.32 Å². The van der Waals surface area contributed by atoms with Gasteiger partial charge >= 0.3 is 0 Å². The Morgan fingerprint density at radius 2 is 1.86 bits per heavy atom. The van der Waals surface area contributed by atoms with Crippen molar-refractivity contribution >= 4 is 28.1 Å². The quantitative estimate of drug-likeness (QED) is 0.654. The second-order valence-corrected chi connectivity index (χ2v) is 7.64. The van der Waals surface area contributed by atoms with E-state index >= 15 is 0 Å². The maximum absolute atomic E-state index is 12.6. The second kappa shape index (κ2) is 6.11. The fraction of sp³-hybridized carbons (Fsp3) is 0.538. The van der Waals surface area contributed by atoms with Gasteiger partial charge in [0.25, 0.3) is 5.69 Å². The lowest BCUT2D eigenvalue weighted by Gasteiger charge is -2.17. The first-order chi connectivity index (χ1) is 9.89. The van der Waals surface area contributed by atoms with Crippen molar-refractivity contribution in [2.45, 2.75) is 11.8 Å². The fourth-order valence-corrected chi connectivity index (χ4v) is 4.79. The second-order valence-electron chi connectivity index (χ2n) is 5.71. The van der Waals surface area contributed by atoms with E-state index in [-0.39, 0.29) is 23.0 Å². The van der Waals surface area contributed by atoms with Crippen molar-refractivity contribution in [3.8, 4) is 0 Å². The highest BCUT2D eigenvalue weighted by Gasteiger charge is 2.41. The number of hydrogen-bond acceptors (Lipinski definition) is 5. The summed E-state index contributed by atoms with van der Waals surface area (Å²) in [6.07, 6.45) is 0. The minimum atomic E-state index is -3.56. The molecule has 0 unspecified atom stereocenters. The number of nitrogens with zero attached hydrogens (tertiary/aromatic N) is 2. The Bertz CT molecular complexity index is 683.